The average Bonchev–Trinajstić information content (AvgIpc) is 2.73. The first kappa shape index (κ1) is 26.3. The summed E-state index contributed by atoms with van der Waals surface area (Å²) in [6.45, 7) is 7.89. The van der Waals surface area contributed by atoms with Crippen molar-refractivity contribution < 1.29 is 14.3 Å². The third-order valence-corrected chi connectivity index (χ3v) is 5.20. The van der Waals surface area contributed by atoms with Gasteiger partial charge in [0.05, 0.1) is 20.8 Å². The van der Waals surface area contributed by atoms with Crippen molar-refractivity contribution in [1.82, 2.24) is 15.1 Å². The number of hydrogen-bond donors (Lipinski definition) is 1. The number of nitrogens with one attached hydrogen (secondary N) is 1. The summed E-state index contributed by atoms with van der Waals surface area (Å²) in [6.07, 6.45) is 2.76. The second-order valence-electron chi connectivity index (χ2n) is 7.61. The quantitative estimate of drug-likeness (QED) is 0.316. The van der Waals surface area contributed by atoms with Crippen LogP contribution in [0.1, 0.15) is 38.7 Å². The van der Waals surface area contributed by atoms with Crippen LogP contribution in [0.2, 0.25) is 0 Å². The van der Waals surface area contributed by atoms with Crippen molar-refractivity contribution in [3.8, 4) is 11.5 Å². The SMILES string of the molecule is CCNC(=NCCC(=O)N1CCCC(C)C1)N(C)Cc1ccc(OC)cc1OC.I. The molecule has 1 N–H and O–H groups in total. The molecular weight excluding hydrogens is 495 g/mol. The van der Waals surface area contributed by atoms with Gasteiger partial charge >= 0.3 is 0 Å². The average molecular weight is 532 g/mol. The highest BCUT2D eigenvalue weighted by Gasteiger charge is 2.20. The molecule has 1 aliphatic heterocycles. The van der Waals surface area contributed by atoms with Crippen LogP contribution in [0.5, 0.6) is 11.5 Å². The Morgan fingerprint density at radius 3 is 2.73 bits per heavy atom. The lowest BCUT2D eigenvalue weighted by Crippen LogP contribution is -2.40. The van der Waals surface area contributed by atoms with Crippen LogP contribution in [0.3, 0.4) is 0 Å². The third-order valence-electron chi connectivity index (χ3n) is 5.20. The zero-order valence-corrected chi connectivity index (χ0v) is 21.3. The summed E-state index contributed by atoms with van der Waals surface area (Å²) in [5, 5.41) is 3.31. The van der Waals surface area contributed by atoms with Crippen molar-refractivity contribution >= 4 is 35.8 Å². The van der Waals surface area contributed by atoms with Crippen LogP contribution in [0.25, 0.3) is 0 Å². The fraction of sp³-hybridized carbons (Fsp3) is 0.636. The molecule has 0 radical (unpaired) electrons. The molecule has 0 saturated carbocycles. The summed E-state index contributed by atoms with van der Waals surface area (Å²) in [6, 6.07) is 5.80. The van der Waals surface area contributed by atoms with E-state index in [2.05, 4.69) is 17.2 Å². The summed E-state index contributed by atoms with van der Waals surface area (Å²) >= 11 is 0. The predicted molar refractivity (Wildman–Crippen MR) is 132 cm³/mol. The van der Waals surface area contributed by atoms with Gasteiger partial charge in [0.15, 0.2) is 5.96 Å². The lowest BCUT2D eigenvalue weighted by Gasteiger charge is -2.31. The van der Waals surface area contributed by atoms with E-state index in [0.29, 0.717) is 25.4 Å². The first-order valence-electron chi connectivity index (χ1n) is 10.5. The number of amides is 1. The minimum absolute atomic E-state index is 0. The number of carbonyl (C=O) groups excluding carboxylic acids is 1. The van der Waals surface area contributed by atoms with Gasteiger partial charge in [-0.25, -0.2) is 0 Å². The van der Waals surface area contributed by atoms with Gasteiger partial charge in [0.2, 0.25) is 5.91 Å². The van der Waals surface area contributed by atoms with Crippen LogP contribution in [0, 0.1) is 5.92 Å². The standard InChI is InChI=1S/C22H36N4O3.HI/c1-6-23-22(24-12-11-21(27)26-13-7-8-17(2)15-26)25(3)16-18-9-10-19(28-4)14-20(18)29-5;/h9-10,14,17H,6-8,11-13,15-16H2,1-5H3,(H,23,24);1H. The Labute approximate surface area is 198 Å². The lowest BCUT2D eigenvalue weighted by molar-refractivity contribution is -0.132. The van der Waals surface area contributed by atoms with Crippen molar-refractivity contribution in [3.05, 3.63) is 23.8 Å². The summed E-state index contributed by atoms with van der Waals surface area (Å²) in [5.41, 5.74) is 1.04. The van der Waals surface area contributed by atoms with E-state index in [1.807, 2.05) is 42.0 Å². The Hall–Kier alpha value is -1.71. The number of rotatable bonds is 8. The molecule has 1 amide bonds. The molecule has 30 heavy (non-hydrogen) atoms. The Kier molecular flexibility index (Phi) is 11.9. The number of piperidine rings is 1. The molecule has 1 saturated heterocycles. The van der Waals surface area contributed by atoms with Gasteiger partial charge in [0.1, 0.15) is 11.5 Å². The highest BCUT2D eigenvalue weighted by Crippen LogP contribution is 2.25. The molecule has 2 rings (SSSR count). The highest BCUT2D eigenvalue weighted by molar-refractivity contribution is 14.0. The van der Waals surface area contributed by atoms with Gasteiger partial charge in [-0.15, -0.1) is 24.0 Å². The fourth-order valence-corrected chi connectivity index (χ4v) is 3.61. The number of nitrogens with zero attached hydrogens (tertiary/aromatic N) is 3. The van der Waals surface area contributed by atoms with Gasteiger partial charge in [-0.05, 0) is 37.8 Å². The molecule has 0 aromatic heterocycles. The number of benzene rings is 1. The predicted octanol–water partition coefficient (Wildman–Crippen LogP) is 3.37. The van der Waals surface area contributed by atoms with Gasteiger partial charge in [-0.2, -0.15) is 0 Å². The van der Waals surface area contributed by atoms with Crippen molar-refractivity contribution in [2.45, 2.75) is 39.7 Å². The first-order chi connectivity index (χ1) is 14.0. The summed E-state index contributed by atoms with van der Waals surface area (Å²) in [4.78, 5) is 21.2. The molecule has 7 nitrogen and oxygen atoms in total. The number of hydrogen-bond acceptors (Lipinski definition) is 4. The van der Waals surface area contributed by atoms with E-state index in [1.165, 1.54) is 6.42 Å². The summed E-state index contributed by atoms with van der Waals surface area (Å²) < 4.78 is 10.8. The molecule has 1 fully saturated rings. The van der Waals surface area contributed by atoms with E-state index in [4.69, 9.17) is 9.47 Å². The van der Waals surface area contributed by atoms with E-state index in [1.54, 1.807) is 14.2 Å². The second kappa shape index (κ2) is 13.6. The van der Waals surface area contributed by atoms with Gasteiger partial charge in [-0.1, -0.05) is 6.92 Å². The van der Waals surface area contributed by atoms with E-state index in [0.717, 1.165) is 49.1 Å². The van der Waals surface area contributed by atoms with E-state index >= 15 is 0 Å². The lowest BCUT2D eigenvalue weighted by atomic mass is 10.00. The molecule has 1 unspecified atom stereocenters. The normalized spacial score (nSPS) is 16.5. The van der Waals surface area contributed by atoms with Crippen LogP contribution in [0.15, 0.2) is 23.2 Å². The molecule has 0 aliphatic carbocycles. The van der Waals surface area contributed by atoms with Crippen LogP contribution >= 0.6 is 24.0 Å². The smallest absolute Gasteiger partial charge is 0.224 e. The van der Waals surface area contributed by atoms with E-state index in [-0.39, 0.29) is 29.9 Å². The van der Waals surface area contributed by atoms with Crippen molar-refractivity contribution in [3.63, 3.8) is 0 Å². The Bertz CT molecular complexity index is 699. The van der Waals surface area contributed by atoms with Crippen LogP contribution in [-0.2, 0) is 11.3 Å². The molecule has 8 heteroatoms. The summed E-state index contributed by atoms with van der Waals surface area (Å²) in [7, 11) is 5.28. The van der Waals surface area contributed by atoms with Gasteiger partial charge < -0.3 is 24.6 Å². The van der Waals surface area contributed by atoms with Gasteiger partial charge in [-0.3, -0.25) is 9.79 Å². The summed E-state index contributed by atoms with van der Waals surface area (Å²) in [5.74, 6) is 3.13. The molecule has 1 aromatic carbocycles. The monoisotopic (exact) mass is 532 g/mol. The van der Waals surface area contributed by atoms with Crippen molar-refractivity contribution in [2.24, 2.45) is 10.9 Å². The number of likely N-dealkylation sites (tertiary alicyclic amines) is 1. The Morgan fingerprint density at radius 2 is 2.10 bits per heavy atom. The number of guanidine groups is 1. The topological polar surface area (TPSA) is 66.4 Å². The molecule has 1 heterocycles. The van der Waals surface area contributed by atoms with Crippen LogP contribution < -0.4 is 14.8 Å². The number of aliphatic imine (C=N–C) groups is 1. The van der Waals surface area contributed by atoms with E-state index in [9.17, 15) is 4.79 Å². The molecular formula is C22H37IN4O3. The largest absolute Gasteiger partial charge is 0.497 e. The zero-order valence-electron chi connectivity index (χ0n) is 18.9. The third kappa shape index (κ3) is 7.85. The number of methoxy groups -OCH3 is 2. The highest BCUT2D eigenvalue weighted by atomic mass is 127. The number of halogens is 1. The first-order valence-corrected chi connectivity index (χ1v) is 10.5. The maximum Gasteiger partial charge on any atom is 0.224 e. The van der Waals surface area contributed by atoms with Crippen molar-refractivity contribution in [2.75, 3.05) is 47.4 Å². The minimum Gasteiger partial charge on any atom is -0.497 e. The van der Waals surface area contributed by atoms with E-state index < -0.39 is 0 Å². The molecule has 1 atom stereocenters. The maximum absolute atomic E-state index is 12.5. The number of carbonyl (C=O) groups is 1. The second-order valence-corrected chi connectivity index (χ2v) is 7.61. The maximum atomic E-state index is 12.5. The molecule has 170 valence electrons. The molecule has 0 spiro atoms. The molecule has 1 aliphatic rings. The number of ether oxygens (including phenoxy) is 2. The van der Waals surface area contributed by atoms with Gasteiger partial charge in [0.25, 0.3) is 0 Å². The minimum atomic E-state index is 0. The Balaban J connectivity index is 0.00000450. The van der Waals surface area contributed by atoms with Crippen LogP contribution in [0.4, 0.5) is 0 Å². The molecule has 1 aromatic rings. The Morgan fingerprint density at radius 1 is 1.33 bits per heavy atom. The van der Waals surface area contributed by atoms with Crippen LogP contribution in [-0.4, -0.2) is 69.1 Å². The fourth-order valence-electron chi connectivity index (χ4n) is 3.61. The zero-order chi connectivity index (χ0) is 21.2. The molecule has 0 bridgehead atoms. The van der Waals surface area contributed by atoms with Gasteiger partial charge in [0, 0.05) is 51.3 Å². The van der Waals surface area contributed by atoms with Crippen molar-refractivity contribution in [1.29, 1.82) is 0 Å².